The highest BCUT2D eigenvalue weighted by atomic mass is 32.1. The normalized spacial score (nSPS) is 10.6. The van der Waals surface area contributed by atoms with E-state index in [-0.39, 0.29) is 0 Å². The van der Waals surface area contributed by atoms with Crippen LogP contribution in [0.3, 0.4) is 0 Å². The van der Waals surface area contributed by atoms with Gasteiger partial charge in [0.25, 0.3) is 0 Å². The number of nitrogens with zero attached hydrogens (tertiary/aromatic N) is 2. The van der Waals surface area contributed by atoms with Crippen LogP contribution in [0.1, 0.15) is 5.56 Å². The lowest BCUT2D eigenvalue weighted by Crippen LogP contribution is -1.84. The Kier molecular flexibility index (Phi) is 3.93. The molecule has 2 aromatic carbocycles. The van der Waals surface area contributed by atoms with E-state index in [1.165, 1.54) is 15.1 Å². The van der Waals surface area contributed by atoms with Gasteiger partial charge in [-0.2, -0.15) is 5.26 Å². The van der Waals surface area contributed by atoms with Gasteiger partial charge in [0.15, 0.2) is 0 Å². The second-order valence-electron chi connectivity index (χ2n) is 5.60. The third kappa shape index (κ3) is 2.75. The van der Waals surface area contributed by atoms with E-state index in [9.17, 15) is 0 Å². The Balaban J connectivity index is 1.95. The molecule has 0 fully saturated rings. The minimum absolute atomic E-state index is 0.664. The summed E-state index contributed by atoms with van der Waals surface area (Å²) in [5.74, 6) is 0.835. The number of hydrogen-bond acceptors (Lipinski definition) is 4. The molecule has 0 saturated carbocycles. The van der Waals surface area contributed by atoms with Crippen LogP contribution in [0, 0.1) is 11.3 Å². The van der Waals surface area contributed by atoms with Crippen LogP contribution < -0.4 is 4.74 Å². The molecule has 0 N–H and O–H groups in total. The number of thiophene rings is 1. The summed E-state index contributed by atoms with van der Waals surface area (Å²) in [5, 5.41) is 10.2. The standard InChI is InChI=1S/C21H14N2OS/c1-24-17-8-6-15(7-9-17)20-18-13-23-11-10-19(18)25-21(20)16-4-2-14(12-22)3-5-16/h2-11,13H,1H3. The molecule has 4 heteroatoms. The summed E-state index contributed by atoms with van der Waals surface area (Å²) in [6.45, 7) is 0. The van der Waals surface area contributed by atoms with E-state index < -0.39 is 0 Å². The van der Waals surface area contributed by atoms with E-state index in [1.807, 2.05) is 54.9 Å². The molecule has 0 aliphatic rings. The highest BCUT2D eigenvalue weighted by molar-refractivity contribution is 7.23. The fourth-order valence-electron chi connectivity index (χ4n) is 2.89. The van der Waals surface area contributed by atoms with Crippen LogP contribution in [0.25, 0.3) is 31.7 Å². The van der Waals surface area contributed by atoms with Gasteiger partial charge >= 0.3 is 0 Å². The number of benzene rings is 2. The Morgan fingerprint density at radius 2 is 1.68 bits per heavy atom. The van der Waals surface area contributed by atoms with Gasteiger partial charge in [0.1, 0.15) is 5.75 Å². The van der Waals surface area contributed by atoms with Crippen LogP contribution in [0.15, 0.2) is 67.0 Å². The first-order valence-corrected chi connectivity index (χ1v) is 8.63. The van der Waals surface area contributed by atoms with Crippen LogP contribution >= 0.6 is 11.3 Å². The highest BCUT2D eigenvalue weighted by Crippen LogP contribution is 2.44. The second-order valence-corrected chi connectivity index (χ2v) is 6.65. The molecule has 0 unspecified atom stereocenters. The maximum Gasteiger partial charge on any atom is 0.118 e. The number of pyridine rings is 1. The largest absolute Gasteiger partial charge is 0.497 e. The number of rotatable bonds is 3. The maximum atomic E-state index is 9.03. The van der Waals surface area contributed by atoms with Crippen molar-refractivity contribution in [3.8, 4) is 33.4 Å². The molecule has 2 heterocycles. The van der Waals surface area contributed by atoms with E-state index in [1.54, 1.807) is 18.4 Å². The first-order valence-electron chi connectivity index (χ1n) is 7.81. The number of methoxy groups -OCH3 is 1. The Morgan fingerprint density at radius 3 is 2.36 bits per heavy atom. The third-order valence-electron chi connectivity index (χ3n) is 4.14. The van der Waals surface area contributed by atoms with Crippen LogP contribution in [0.2, 0.25) is 0 Å². The Morgan fingerprint density at radius 1 is 0.960 bits per heavy atom. The van der Waals surface area contributed by atoms with Crippen molar-refractivity contribution >= 4 is 21.4 Å². The molecular formula is C21H14N2OS. The lowest BCUT2D eigenvalue weighted by molar-refractivity contribution is 0.415. The minimum atomic E-state index is 0.664. The topological polar surface area (TPSA) is 45.9 Å². The quantitative estimate of drug-likeness (QED) is 0.493. The van der Waals surface area contributed by atoms with E-state index >= 15 is 0 Å². The molecule has 2 aromatic heterocycles. The zero-order valence-corrected chi connectivity index (χ0v) is 14.4. The Hall–Kier alpha value is -3.16. The molecule has 25 heavy (non-hydrogen) atoms. The summed E-state index contributed by atoms with van der Waals surface area (Å²) in [5.41, 5.74) is 4.06. The van der Waals surface area contributed by atoms with Crippen molar-refractivity contribution in [2.24, 2.45) is 0 Å². The zero-order chi connectivity index (χ0) is 17.2. The van der Waals surface area contributed by atoms with Crippen molar-refractivity contribution in [2.45, 2.75) is 0 Å². The summed E-state index contributed by atoms with van der Waals surface area (Å²) in [4.78, 5) is 5.48. The first kappa shape index (κ1) is 15.4. The van der Waals surface area contributed by atoms with Gasteiger partial charge in [-0.3, -0.25) is 4.98 Å². The average Bonchev–Trinajstić information content (AvgIpc) is 3.07. The number of ether oxygens (including phenoxy) is 1. The lowest BCUT2D eigenvalue weighted by atomic mass is 9.99. The van der Waals surface area contributed by atoms with Gasteiger partial charge in [0, 0.05) is 32.9 Å². The van der Waals surface area contributed by atoms with Crippen molar-refractivity contribution < 1.29 is 4.74 Å². The zero-order valence-electron chi connectivity index (χ0n) is 13.6. The molecule has 0 amide bonds. The van der Waals surface area contributed by atoms with Gasteiger partial charge in [-0.25, -0.2) is 0 Å². The van der Waals surface area contributed by atoms with Gasteiger partial charge in [-0.1, -0.05) is 24.3 Å². The lowest BCUT2D eigenvalue weighted by Gasteiger charge is -2.07. The van der Waals surface area contributed by atoms with E-state index in [4.69, 9.17) is 10.00 Å². The predicted octanol–water partition coefficient (Wildman–Crippen LogP) is 5.51. The van der Waals surface area contributed by atoms with Gasteiger partial charge in [0.2, 0.25) is 0 Å². The number of hydrogen-bond donors (Lipinski definition) is 0. The van der Waals surface area contributed by atoms with Crippen molar-refractivity contribution in [3.63, 3.8) is 0 Å². The van der Waals surface area contributed by atoms with Crippen LogP contribution in [0.4, 0.5) is 0 Å². The van der Waals surface area contributed by atoms with Crippen LogP contribution in [0.5, 0.6) is 5.75 Å². The maximum absolute atomic E-state index is 9.03. The molecule has 0 saturated heterocycles. The summed E-state index contributed by atoms with van der Waals surface area (Å²) in [7, 11) is 1.67. The molecule has 4 rings (SSSR count). The Bertz CT molecular complexity index is 1070. The van der Waals surface area contributed by atoms with Gasteiger partial charge in [0.05, 0.1) is 18.7 Å². The summed E-state index contributed by atoms with van der Waals surface area (Å²) >= 11 is 1.74. The molecule has 4 aromatic rings. The van der Waals surface area contributed by atoms with Gasteiger partial charge < -0.3 is 4.74 Å². The number of nitriles is 1. The van der Waals surface area contributed by atoms with Gasteiger partial charge in [-0.15, -0.1) is 11.3 Å². The van der Waals surface area contributed by atoms with E-state index in [2.05, 4.69) is 23.2 Å². The van der Waals surface area contributed by atoms with Crippen LogP contribution in [-0.2, 0) is 0 Å². The molecule has 0 spiro atoms. The van der Waals surface area contributed by atoms with E-state index in [0.717, 1.165) is 22.3 Å². The number of fused-ring (bicyclic) bond motifs is 1. The first-order chi connectivity index (χ1) is 12.3. The predicted molar refractivity (Wildman–Crippen MR) is 102 cm³/mol. The molecule has 3 nitrogen and oxygen atoms in total. The molecular weight excluding hydrogens is 328 g/mol. The van der Waals surface area contributed by atoms with Crippen molar-refractivity contribution in [2.75, 3.05) is 7.11 Å². The molecule has 0 aliphatic heterocycles. The summed E-state index contributed by atoms with van der Waals surface area (Å²) < 4.78 is 6.47. The van der Waals surface area contributed by atoms with Gasteiger partial charge in [-0.05, 0) is 41.5 Å². The molecule has 0 bridgehead atoms. The molecule has 120 valence electrons. The van der Waals surface area contributed by atoms with Crippen molar-refractivity contribution in [3.05, 3.63) is 72.6 Å². The average molecular weight is 342 g/mol. The SMILES string of the molecule is COc1ccc(-c2c(-c3ccc(C#N)cc3)sc3ccncc23)cc1. The summed E-state index contributed by atoms with van der Waals surface area (Å²) in [6.07, 6.45) is 3.73. The smallest absolute Gasteiger partial charge is 0.118 e. The minimum Gasteiger partial charge on any atom is -0.497 e. The monoisotopic (exact) mass is 342 g/mol. The molecule has 0 radical (unpaired) electrons. The van der Waals surface area contributed by atoms with Crippen molar-refractivity contribution in [1.82, 2.24) is 4.98 Å². The fraction of sp³-hybridized carbons (Fsp3) is 0.0476. The fourth-order valence-corrected chi connectivity index (χ4v) is 4.08. The van der Waals surface area contributed by atoms with E-state index in [0.29, 0.717) is 5.56 Å². The summed E-state index contributed by atoms with van der Waals surface area (Å²) in [6, 6.07) is 20.0. The third-order valence-corrected chi connectivity index (χ3v) is 5.36. The number of aromatic nitrogens is 1. The second kappa shape index (κ2) is 6.39. The van der Waals surface area contributed by atoms with Crippen LogP contribution in [-0.4, -0.2) is 12.1 Å². The molecule has 0 aliphatic carbocycles. The highest BCUT2D eigenvalue weighted by Gasteiger charge is 2.16. The Labute approximate surface area is 149 Å². The molecule has 0 atom stereocenters. The van der Waals surface area contributed by atoms with Crippen molar-refractivity contribution in [1.29, 1.82) is 5.26 Å².